The average Bonchev–Trinajstić information content (AvgIpc) is 2.48. The molecule has 1 aliphatic heterocycles. The second-order valence-corrected chi connectivity index (χ2v) is 5.51. The van der Waals surface area contributed by atoms with Crippen LogP contribution in [0.15, 0.2) is 18.2 Å². The maximum atomic E-state index is 12.3. The van der Waals surface area contributed by atoms with Crippen LogP contribution in [0.5, 0.6) is 0 Å². The molecule has 1 aliphatic carbocycles. The number of halogens is 2. The molecule has 94 valence electrons. The molecule has 2 fully saturated rings. The zero-order chi connectivity index (χ0) is 12.9. The zero-order valence-electron chi connectivity index (χ0n) is 9.37. The van der Waals surface area contributed by atoms with E-state index in [0.29, 0.717) is 28.6 Å². The SMILES string of the molecule is O=C1NC2(CCC2)C(=O)N1c1cc(Cl)cc(Cl)c1. The molecular formula is C12H10Cl2N2O2. The number of hydrogen-bond donors (Lipinski definition) is 1. The van der Waals surface area contributed by atoms with Crippen molar-refractivity contribution in [3.63, 3.8) is 0 Å². The quantitative estimate of drug-likeness (QED) is 0.806. The average molecular weight is 285 g/mol. The lowest BCUT2D eigenvalue weighted by molar-refractivity contribution is -0.124. The molecule has 3 amide bonds. The summed E-state index contributed by atoms with van der Waals surface area (Å²) in [5.74, 6) is -0.211. The van der Waals surface area contributed by atoms with Gasteiger partial charge in [0.2, 0.25) is 0 Å². The Morgan fingerprint density at radius 2 is 1.72 bits per heavy atom. The minimum absolute atomic E-state index is 0.211. The number of rotatable bonds is 1. The Kier molecular flexibility index (Phi) is 2.54. The molecule has 1 spiro atoms. The molecule has 6 heteroatoms. The van der Waals surface area contributed by atoms with Gasteiger partial charge in [-0.05, 0) is 37.5 Å². The van der Waals surface area contributed by atoms with Crippen molar-refractivity contribution in [3.05, 3.63) is 28.2 Å². The Labute approximate surface area is 114 Å². The number of urea groups is 1. The normalized spacial score (nSPS) is 21.1. The van der Waals surface area contributed by atoms with E-state index in [-0.39, 0.29) is 5.91 Å². The van der Waals surface area contributed by atoms with Gasteiger partial charge in [0.15, 0.2) is 0 Å². The second kappa shape index (κ2) is 3.87. The third-order valence-corrected chi connectivity index (χ3v) is 3.91. The monoisotopic (exact) mass is 284 g/mol. The first-order valence-electron chi connectivity index (χ1n) is 5.65. The topological polar surface area (TPSA) is 49.4 Å². The predicted octanol–water partition coefficient (Wildman–Crippen LogP) is 2.97. The van der Waals surface area contributed by atoms with E-state index in [4.69, 9.17) is 23.2 Å². The maximum absolute atomic E-state index is 12.3. The highest BCUT2D eigenvalue weighted by molar-refractivity contribution is 6.35. The number of carbonyl (C=O) groups excluding carboxylic acids is 2. The number of nitrogens with zero attached hydrogens (tertiary/aromatic N) is 1. The molecular weight excluding hydrogens is 275 g/mol. The van der Waals surface area contributed by atoms with Crippen LogP contribution in [0.25, 0.3) is 0 Å². The summed E-state index contributed by atoms with van der Waals surface area (Å²) in [7, 11) is 0. The molecule has 1 aromatic rings. The third-order valence-electron chi connectivity index (χ3n) is 3.47. The van der Waals surface area contributed by atoms with E-state index in [1.807, 2.05) is 0 Å². The number of anilines is 1. The van der Waals surface area contributed by atoms with Gasteiger partial charge in [-0.25, -0.2) is 9.69 Å². The van der Waals surface area contributed by atoms with Crippen molar-refractivity contribution in [2.45, 2.75) is 24.8 Å². The Morgan fingerprint density at radius 1 is 1.11 bits per heavy atom. The van der Waals surface area contributed by atoms with E-state index in [1.165, 1.54) is 0 Å². The van der Waals surface area contributed by atoms with Gasteiger partial charge in [0.1, 0.15) is 5.54 Å². The molecule has 0 atom stereocenters. The molecule has 0 bridgehead atoms. The van der Waals surface area contributed by atoms with Crippen molar-refractivity contribution in [1.29, 1.82) is 0 Å². The van der Waals surface area contributed by atoms with Gasteiger partial charge >= 0.3 is 6.03 Å². The minimum Gasteiger partial charge on any atom is -0.323 e. The van der Waals surface area contributed by atoms with E-state index in [9.17, 15) is 9.59 Å². The van der Waals surface area contributed by atoms with Gasteiger partial charge < -0.3 is 5.32 Å². The molecule has 1 saturated heterocycles. The highest BCUT2D eigenvalue weighted by atomic mass is 35.5. The van der Waals surface area contributed by atoms with Crippen LogP contribution in [0.2, 0.25) is 10.0 Å². The molecule has 4 nitrogen and oxygen atoms in total. The summed E-state index contributed by atoms with van der Waals surface area (Å²) in [4.78, 5) is 25.3. The molecule has 0 radical (unpaired) electrons. The standard InChI is InChI=1S/C12H10Cl2N2O2/c13-7-4-8(14)6-9(5-7)16-10(17)12(2-1-3-12)15-11(16)18/h4-6H,1-3H2,(H,15,18). The number of amides is 3. The lowest BCUT2D eigenvalue weighted by atomic mass is 9.77. The smallest absolute Gasteiger partial charge is 0.323 e. The van der Waals surface area contributed by atoms with Crippen molar-refractivity contribution in [2.75, 3.05) is 4.90 Å². The molecule has 1 saturated carbocycles. The zero-order valence-corrected chi connectivity index (χ0v) is 10.9. The van der Waals surface area contributed by atoms with E-state index >= 15 is 0 Å². The first kappa shape index (κ1) is 11.8. The third kappa shape index (κ3) is 1.60. The molecule has 1 aromatic carbocycles. The fraction of sp³-hybridized carbons (Fsp3) is 0.333. The van der Waals surface area contributed by atoms with Crippen LogP contribution in [-0.2, 0) is 4.79 Å². The van der Waals surface area contributed by atoms with Crippen molar-refractivity contribution in [3.8, 4) is 0 Å². The predicted molar refractivity (Wildman–Crippen MR) is 69.1 cm³/mol. The molecule has 18 heavy (non-hydrogen) atoms. The van der Waals surface area contributed by atoms with E-state index in [1.54, 1.807) is 18.2 Å². The summed E-state index contributed by atoms with van der Waals surface area (Å²) < 4.78 is 0. The van der Waals surface area contributed by atoms with Crippen LogP contribution < -0.4 is 10.2 Å². The van der Waals surface area contributed by atoms with Gasteiger partial charge in [-0.1, -0.05) is 23.2 Å². The number of nitrogens with one attached hydrogen (secondary N) is 1. The number of imide groups is 1. The second-order valence-electron chi connectivity index (χ2n) is 4.63. The number of carbonyl (C=O) groups is 2. The van der Waals surface area contributed by atoms with Gasteiger partial charge in [-0.2, -0.15) is 0 Å². The molecule has 0 aromatic heterocycles. The summed E-state index contributed by atoms with van der Waals surface area (Å²) in [5, 5.41) is 3.55. The van der Waals surface area contributed by atoms with Crippen LogP contribution in [0.1, 0.15) is 19.3 Å². The van der Waals surface area contributed by atoms with Crippen LogP contribution >= 0.6 is 23.2 Å². The maximum Gasteiger partial charge on any atom is 0.329 e. The first-order valence-corrected chi connectivity index (χ1v) is 6.40. The fourth-order valence-corrected chi connectivity index (χ4v) is 2.91. The summed E-state index contributed by atoms with van der Waals surface area (Å²) in [5.41, 5.74) is -0.273. The van der Waals surface area contributed by atoms with Crippen LogP contribution in [0, 0.1) is 0 Å². The lowest BCUT2D eigenvalue weighted by Gasteiger charge is -2.34. The Bertz CT molecular complexity index is 535. The van der Waals surface area contributed by atoms with Gasteiger partial charge in [0.05, 0.1) is 5.69 Å². The van der Waals surface area contributed by atoms with Crippen LogP contribution in [0.4, 0.5) is 10.5 Å². The van der Waals surface area contributed by atoms with Crippen molar-refractivity contribution < 1.29 is 9.59 Å². The number of hydrogen-bond acceptors (Lipinski definition) is 2. The lowest BCUT2D eigenvalue weighted by Crippen LogP contribution is -2.52. The summed E-state index contributed by atoms with van der Waals surface area (Å²) in [6, 6.07) is 4.27. The van der Waals surface area contributed by atoms with E-state index in [2.05, 4.69) is 5.32 Å². The molecule has 3 rings (SSSR count). The summed E-state index contributed by atoms with van der Waals surface area (Å²) in [6.45, 7) is 0. The van der Waals surface area contributed by atoms with Crippen molar-refractivity contribution in [1.82, 2.24) is 5.32 Å². The molecule has 2 aliphatic rings. The van der Waals surface area contributed by atoms with Gasteiger partial charge in [-0.15, -0.1) is 0 Å². The Hall–Kier alpha value is -1.26. The highest BCUT2D eigenvalue weighted by Crippen LogP contribution is 2.39. The number of benzene rings is 1. The Morgan fingerprint density at radius 3 is 2.17 bits per heavy atom. The fourth-order valence-electron chi connectivity index (χ4n) is 2.39. The summed E-state index contributed by atoms with van der Waals surface area (Å²) >= 11 is 11.8. The molecule has 1 heterocycles. The van der Waals surface area contributed by atoms with Gasteiger partial charge in [0, 0.05) is 10.0 Å². The van der Waals surface area contributed by atoms with Crippen LogP contribution in [0.3, 0.4) is 0 Å². The Balaban J connectivity index is 2.01. The van der Waals surface area contributed by atoms with E-state index in [0.717, 1.165) is 11.3 Å². The van der Waals surface area contributed by atoms with Gasteiger partial charge in [0.25, 0.3) is 5.91 Å². The van der Waals surface area contributed by atoms with Crippen LogP contribution in [-0.4, -0.2) is 17.5 Å². The first-order chi connectivity index (χ1) is 8.52. The largest absolute Gasteiger partial charge is 0.329 e. The van der Waals surface area contributed by atoms with Crippen molar-refractivity contribution in [2.24, 2.45) is 0 Å². The minimum atomic E-state index is -0.689. The van der Waals surface area contributed by atoms with Gasteiger partial charge in [-0.3, -0.25) is 4.79 Å². The molecule has 0 unspecified atom stereocenters. The van der Waals surface area contributed by atoms with Crippen molar-refractivity contribution >= 4 is 40.8 Å². The highest BCUT2D eigenvalue weighted by Gasteiger charge is 2.55. The summed E-state index contributed by atoms with van der Waals surface area (Å²) in [6.07, 6.45) is 2.35. The van der Waals surface area contributed by atoms with E-state index < -0.39 is 11.6 Å². The molecule has 1 N–H and O–H groups in total.